The summed E-state index contributed by atoms with van der Waals surface area (Å²) in [5.41, 5.74) is 1.05. The molecule has 0 saturated carbocycles. The summed E-state index contributed by atoms with van der Waals surface area (Å²) in [6.07, 6.45) is 0. The molecular weight excluding hydrogens is 288 g/mol. The van der Waals surface area contributed by atoms with Gasteiger partial charge in [0, 0.05) is 37.9 Å². The van der Waals surface area contributed by atoms with Crippen LogP contribution in [0, 0.1) is 6.92 Å². The Balaban J connectivity index is 2.18. The number of rotatable bonds is 7. The zero-order valence-corrected chi connectivity index (χ0v) is 13.0. The van der Waals surface area contributed by atoms with Gasteiger partial charge in [0.05, 0.1) is 38.7 Å². The van der Waals surface area contributed by atoms with E-state index in [0.29, 0.717) is 38.6 Å². The molecule has 0 spiro atoms. The minimum atomic E-state index is -0.353. The maximum Gasteiger partial charge on any atom is 0.223 e. The second kappa shape index (κ2) is 8.28. The zero-order valence-electron chi connectivity index (χ0n) is 13.0. The number of ether oxygens (including phenoxy) is 2. The van der Waals surface area contributed by atoms with Crippen LogP contribution in [0.3, 0.4) is 0 Å². The second-order valence-corrected chi connectivity index (χ2v) is 5.32. The monoisotopic (exact) mass is 312 g/mol. The van der Waals surface area contributed by atoms with Crippen molar-refractivity contribution in [1.82, 2.24) is 9.47 Å². The van der Waals surface area contributed by atoms with Gasteiger partial charge in [-0.3, -0.25) is 9.69 Å². The standard InChI is InChI=1S/C15H24N2O5/c1-12-10-14(19)15(20)13(11-16-2-6-21-7-3-16)17(12)4-8-22-9-5-18/h10,18,20H,2-9,11H2,1H3. The molecule has 0 bridgehead atoms. The molecule has 124 valence electrons. The lowest BCUT2D eigenvalue weighted by Gasteiger charge is -2.28. The summed E-state index contributed by atoms with van der Waals surface area (Å²) in [7, 11) is 0. The topological polar surface area (TPSA) is 84.2 Å². The molecule has 1 aliphatic heterocycles. The molecule has 1 aliphatic rings. The number of hydrogen-bond acceptors (Lipinski definition) is 6. The molecule has 0 radical (unpaired) electrons. The Bertz CT molecular complexity index is 537. The van der Waals surface area contributed by atoms with Crippen molar-refractivity contribution < 1.29 is 19.7 Å². The first-order valence-corrected chi connectivity index (χ1v) is 7.54. The van der Waals surface area contributed by atoms with Crippen LogP contribution in [-0.4, -0.2) is 65.8 Å². The molecule has 0 unspecified atom stereocenters. The smallest absolute Gasteiger partial charge is 0.223 e. The Morgan fingerprint density at radius 1 is 1.32 bits per heavy atom. The fourth-order valence-electron chi connectivity index (χ4n) is 2.58. The lowest BCUT2D eigenvalue weighted by molar-refractivity contribution is 0.0322. The van der Waals surface area contributed by atoms with E-state index in [0.717, 1.165) is 18.8 Å². The fraction of sp³-hybridized carbons (Fsp3) is 0.667. The molecule has 2 N–H and O–H groups in total. The van der Waals surface area contributed by atoms with Gasteiger partial charge in [-0.1, -0.05) is 0 Å². The van der Waals surface area contributed by atoms with E-state index in [-0.39, 0.29) is 24.4 Å². The Hall–Kier alpha value is -1.41. The van der Waals surface area contributed by atoms with Crippen molar-refractivity contribution in [3.05, 3.63) is 27.7 Å². The Morgan fingerprint density at radius 3 is 2.73 bits per heavy atom. The molecule has 0 amide bonds. The van der Waals surface area contributed by atoms with Gasteiger partial charge in [0.2, 0.25) is 5.43 Å². The van der Waals surface area contributed by atoms with Crippen molar-refractivity contribution in [2.75, 3.05) is 46.1 Å². The van der Waals surface area contributed by atoms with Crippen LogP contribution in [0.4, 0.5) is 0 Å². The van der Waals surface area contributed by atoms with Gasteiger partial charge < -0.3 is 24.3 Å². The number of morpholine rings is 1. The summed E-state index contributed by atoms with van der Waals surface area (Å²) < 4.78 is 12.5. The third kappa shape index (κ3) is 4.30. The minimum absolute atomic E-state index is 0.0188. The van der Waals surface area contributed by atoms with Crippen LogP contribution in [0.15, 0.2) is 10.9 Å². The largest absolute Gasteiger partial charge is 0.503 e. The average Bonchev–Trinajstić information content (AvgIpc) is 2.52. The van der Waals surface area contributed by atoms with Crippen LogP contribution in [0.25, 0.3) is 0 Å². The third-order valence-electron chi connectivity index (χ3n) is 3.77. The minimum Gasteiger partial charge on any atom is -0.503 e. The molecular formula is C15H24N2O5. The maximum absolute atomic E-state index is 11.9. The molecule has 1 saturated heterocycles. The predicted octanol–water partition coefficient (Wildman–Crippen LogP) is -0.297. The number of pyridine rings is 1. The number of aliphatic hydroxyl groups excluding tert-OH is 1. The maximum atomic E-state index is 11.9. The highest BCUT2D eigenvalue weighted by molar-refractivity contribution is 5.29. The van der Waals surface area contributed by atoms with Gasteiger partial charge in [0.1, 0.15) is 0 Å². The molecule has 2 heterocycles. The average molecular weight is 312 g/mol. The molecule has 1 fully saturated rings. The molecule has 0 aromatic carbocycles. The van der Waals surface area contributed by atoms with E-state index in [1.165, 1.54) is 6.07 Å². The second-order valence-electron chi connectivity index (χ2n) is 5.32. The summed E-state index contributed by atoms with van der Waals surface area (Å²) >= 11 is 0. The molecule has 1 aromatic heterocycles. The van der Waals surface area contributed by atoms with Crippen LogP contribution in [0.1, 0.15) is 11.4 Å². The summed E-state index contributed by atoms with van der Waals surface area (Å²) in [5.74, 6) is -0.195. The number of nitrogens with zero attached hydrogens (tertiary/aromatic N) is 2. The molecule has 1 aromatic rings. The number of hydrogen-bond donors (Lipinski definition) is 2. The highest BCUT2D eigenvalue weighted by atomic mass is 16.5. The summed E-state index contributed by atoms with van der Waals surface area (Å²) in [6, 6.07) is 1.43. The van der Waals surface area contributed by atoms with E-state index in [1.54, 1.807) is 0 Å². The van der Waals surface area contributed by atoms with Crippen molar-refractivity contribution in [2.45, 2.75) is 20.0 Å². The van der Waals surface area contributed by atoms with Crippen molar-refractivity contribution >= 4 is 0 Å². The molecule has 2 rings (SSSR count). The first-order valence-electron chi connectivity index (χ1n) is 7.54. The van der Waals surface area contributed by atoms with Gasteiger partial charge in [0.25, 0.3) is 0 Å². The molecule has 22 heavy (non-hydrogen) atoms. The summed E-state index contributed by atoms with van der Waals surface area (Å²) in [6.45, 7) is 6.44. The Kier molecular flexibility index (Phi) is 6.38. The van der Waals surface area contributed by atoms with Crippen molar-refractivity contribution in [2.24, 2.45) is 0 Å². The molecule has 7 heteroatoms. The highest BCUT2D eigenvalue weighted by Gasteiger charge is 2.18. The zero-order chi connectivity index (χ0) is 15.9. The van der Waals surface area contributed by atoms with Gasteiger partial charge in [-0.2, -0.15) is 0 Å². The Labute approximate surface area is 129 Å². The van der Waals surface area contributed by atoms with E-state index < -0.39 is 0 Å². The molecule has 0 atom stereocenters. The van der Waals surface area contributed by atoms with Crippen LogP contribution in [0.2, 0.25) is 0 Å². The van der Waals surface area contributed by atoms with E-state index in [2.05, 4.69) is 4.90 Å². The predicted molar refractivity (Wildman–Crippen MR) is 81.1 cm³/mol. The normalized spacial score (nSPS) is 16.1. The molecule has 0 aliphatic carbocycles. The van der Waals surface area contributed by atoms with E-state index >= 15 is 0 Å². The highest BCUT2D eigenvalue weighted by Crippen LogP contribution is 2.17. The van der Waals surface area contributed by atoms with Gasteiger partial charge in [-0.05, 0) is 6.92 Å². The van der Waals surface area contributed by atoms with E-state index in [9.17, 15) is 9.90 Å². The van der Waals surface area contributed by atoms with Crippen LogP contribution < -0.4 is 5.43 Å². The first-order chi connectivity index (χ1) is 10.6. The quantitative estimate of drug-likeness (QED) is 0.673. The fourth-order valence-corrected chi connectivity index (χ4v) is 2.58. The third-order valence-corrected chi connectivity index (χ3v) is 3.77. The van der Waals surface area contributed by atoms with Crippen LogP contribution in [-0.2, 0) is 22.6 Å². The summed E-state index contributed by atoms with van der Waals surface area (Å²) in [4.78, 5) is 14.0. The number of aryl methyl sites for hydroxylation is 1. The van der Waals surface area contributed by atoms with Gasteiger partial charge in [0.15, 0.2) is 5.75 Å². The van der Waals surface area contributed by atoms with Gasteiger partial charge >= 0.3 is 0 Å². The number of aliphatic hydroxyl groups is 1. The number of aromatic nitrogens is 1. The molecule has 7 nitrogen and oxygen atoms in total. The lowest BCUT2D eigenvalue weighted by atomic mass is 10.2. The van der Waals surface area contributed by atoms with Crippen LogP contribution >= 0.6 is 0 Å². The lowest BCUT2D eigenvalue weighted by Crippen LogP contribution is -2.37. The van der Waals surface area contributed by atoms with E-state index in [4.69, 9.17) is 14.6 Å². The van der Waals surface area contributed by atoms with Crippen LogP contribution in [0.5, 0.6) is 5.75 Å². The summed E-state index contributed by atoms with van der Waals surface area (Å²) in [5, 5.41) is 18.9. The SMILES string of the molecule is Cc1cc(=O)c(O)c(CN2CCOCC2)n1CCOCCO. The Morgan fingerprint density at radius 2 is 2.05 bits per heavy atom. The first kappa shape index (κ1) is 17.0. The van der Waals surface area contributed by atoms with Gasteiger partial charge in [-0.15, -0.1) is 0 Å². The number of aromatic hydroxyl groups is 1. The van der Waals surface area contributed by atoms with E-state index in [1.807, 2.05) is 11.5 Å². The van der Waals surface area contributed by atoms with Crippen molar-refractivity contribution in [1.29, 1.82) is 0 Å². The van der Waals surface area contributed by atoms with Crippen molar-refractivity contribution in [3.8, 4) is 5.75 Å². The van der Waals surface area contributed by atoms with Crippen molar-refractivity contribution in [3.63, 3.8) is 0 Å². The van der Waals surface area contributed by atoms with Gasteiger partial charge in [-0.25, -0.2) is 0 Å².